The van der Waals surface area contributed by atoms with Gasteiger partial charge in [-0.3, -0.25) is 4.39 Å². The Bertz CT molecular complexity index is 339. The average Bonchev–Trinajstić information content (AvgIpc) is 2.31. The highest BCUT2D eigenvalue weighted by Gasteiger charge is 2.20. The van der Waals surface area contributed by atoms with Gasteiger partial charge in [-0.15, -0.1) is 0 Å². The van der Waals surface area contributed by atoms with Gasteiger partial charge in [-0.1, -0.05) is 12.1 Å². The number of nitrogens with two attached hydrogens (primary N) is 1. The molecule has 3 nitrogen and oxygen atoms in total. The van der Waals surface area contributed by atoms with E-state index >= 15 is 0 Å². The normalized spacial score (nSPS) is 16.1. The molecule has 0 spiro atoms. The molecule has 0 bridgehead atoms. The number of benzene rings is 1. The number of alkyl halides is 1. The summed E-state index contributed by atoms with van der Waals surface area (Å²) in [5.41, 5.74) is 6.32. The Morgan fingerprint density at radius 1 is 1.33 bits per heavy atom. The Hall–Kier alpha value is -1.29. The Morgan fingerprint density at radius 3 is 2.87 bits per heavy atom. The van der Waals surface area contributed by atoms with Crippen molar-refractivity contribution in [2.45, 2.75) is 5.92 Å². The van der Waals surface area contributed by atoms with E-state index in [-0.39, 0.29) is 12.5 Å². The quantitative estimate of drug-likeness (QED) is 0.823. The predicted molar refractivity (Wildman–Crippen MR) is 55.2 cm³/mol. The lowest BCUT2D eigenvalue weighted by atomic mass is 9.99. The molecular formula is C11H14FNO2. The number of ether oxygens (including phenoxy) is 2. The topological polar surface area (TPSA) is 44.5 Å². The highest BCUT2D eigenvalue weighted by atomic mass is 19.1. The first-order chi connectivity index (χ1) is 7.36. The van der Waals surface area contributed by atoms with Crippen LogP contribution in [0.3, 0.4) is 0 Å². The third-order valence-corrected chi connectivity index (χ3v) is 2.51. The molecule has 4 heteroatoms. The van der Waals surface area contributed by atoms with Crippen molar-refractivity contribution >= 4 is 0 Å². The van der Waals surface area contributed by atoms with E-state index < -0.39 is 6.67 Å². The van der Waals surface area contributed by atoms with Crippen molar-refractivity contribution in [3.8, 4) is 11.5 Å². The Labute approximate surface area is 88.0 Å². The summed E-state index contributed by atoms with van der Waals surface area (Å²) in [6, 6.07) is 5.50. The molecule has 2 N–H and O–H groups in total. The molecule has 1 unspecified atom stereocenters. The van der Waals surface area contributed by atoms with Gasteiger partial charge in [-0.05, 0) is 6.07 Å². The average molecular weight is 211 g/mol. The molecule has 1 aromatic rings. The van der Waals surface area contributed by atoms with E-state index in [1.807, 2.05) is 18.2 Å². The fourth-order valence-corrected chi connectivity index (χ4v) is 1.69. The number of rotatable bonds is 3. The molecule has 1 heterocycles. The van der Waals surface area contributed by atoms with Crippen LogP contribution in [0.1, 0.15) is 11.5 Å². The maximum atomic E-state index is 12.7. The molecule has 1 aromatic carbocycles. The molecule has 0 saturated carbocycles. The molecule has 0 radical (unpaired) electrons. The first kappa shape index (κ1) is 10.2. The molecule has 0 fully saturated rings. The molecule has 0 saturated heterocycles. The minimum atomic E-state index is -0.476. The third-order valence-electron chi connectivity index (χ3n) is 2.51. The zero-order valence-corrected chi connectivity index (χ0v) is 8.41. The molecule has 0 aromatic heterocycles. The van der Waals surface area contributed by atoms with Gasteiger partial charge in [0.1, 0.15) is 13.2 Å². The second kappa shape index (κ2) is 4.49. The molecule has 2 rings (SSSR count). The van der Waals surface area contributed by atoms with Crippen LogP contribution < -0.4 is 15.2 Å². The molecular weight excluding hydrogens is 197 g/mol. The molecule has 1 aliphatic rings. The second-order valence-corrected chi connectivity index (χ2v) is 3.46. The maximum Gasteiger partial charge on any atom is 0.164 e. The number of halogens is 1. The van der Waals surface area contributed by atoms with Crippen LogP contribution in [0.2, 0.25) is 0 Å². The summed E-state index contributed by atoms with van der Waals surface area (Å²) in [6.07, 6.45) is 0. The van der Waals surface area contributed by atoms with Crippen LogP contribution >= 0.6 is 0 Å². The lowest BCUT2D eigenvalue weighted by Gasteiger charge is -2.23. The number of hydrogen-bond donors (Lipinski definition) is 1. The first-order valence-electron chi connectivity index (χ1n) is 5.01. The fraction of sp³-hybridized carbons (Fsp3) is 0.455. The van der Waals surface area contributed by atoms with E-state index in [1.54, 1.807) is 0 Å². The van der Waals surface area contributed by atoms with E-state index in [1.165, 1.54) is 0 Å². The molecule has 1 atom stereocenters. The van der Waals surface area contributed by atoms with Crippen LogP contribution in [0, 0.1) is 0 Å². The molecule has 0 aliphatic carbocycles. The van der Waals surface area contributed by atoms with Gasteiger partial charge in [0.2, 0.25) is 0 Å². The van der Waals surface area contributed by atoms with Crippen molar-refractivity contribution in [2.75, 3.05) is 26.4 Å². The predicted octanol–water partition coefficient (Wildman–Crippen LogP) is 1.47. The van der Waals surface area contributed by atoms with Crippen LogP contribution in [0.25, 0.3) is 0 Å². The first-order valence-corrected chi connectivity index (χ1v) is 5.01. The van der Waals surface area contributed by atoms with Gasteiger partial charge < -0.3 is 15.2 Å². The van der Waals surface area contributed by atoms with E-state index in [0.717, 1.165) is 5.56 Å². The lowest BCUT2D eigenvalue weighted by molar-refractivity contribution is 0.168. The van der Waals surface area contributed by atoms with Crippen molar-refractivity contribution < 1.29 is 13.9 Å². The van der Waals surface area contributed by atoms with E-state index in [9.17, 15) is 4.39 Å². The zero-order valence-electron chi connectivity index (χ0n) is 8.41. The molecule has 0 amide bonds. The number of para-hydroxylation sites is 1. The monoisotopic (exact) mass is 211 g/mol. The van der Waals surface area contributed by atoms with Crippen LogP contribution in [-0.4, -0.2) is 26.4 Å². The van der Waals surface area contributed by atoms with Crippen LogP contribution in [0.4, 0.5) is 4.39 Å². The van der Waals surface area contributed by atoms with Crippen LogP contribution in [-0.2, 0) is 0 Å². The van der Waals surface area contributed by atoms with Gasteiger partial charge in [0.25, 0.3) is 0 Å². The van der Waals surface area contributed by atoms with Gasteiger partial charge >= 0.3 is 0 Å². The largest absolute Gasteiger partial charge is 0.486 e. The van der Waals surface area contributed by atoms with Crippen molar-refractivity contribution in [3.63, 3.8) is 0 Å². The zero-order chi connectivity index (χ0) is 10.7. The number of fused-ring (bicyclic) bond motifs is 1. The van der Waals surface area contributed by atoms with Crippen molar-refractivity contribution in [1.82, 2.24) is 0 Å². The van der Waals surface area contributed by atoms with Crippen molar-refractivity contribution in [3.05, 3.63) is 23.8 Å². The van der Waals surface area contributed by atoms with Crippen LogP contribution in [0.5, 0.6) is 11.5 Å². The smallest absolute Gasteiger partial charge is 0.164 e. The van der Waals surface area contributed by atoms with Gasteiger partial charge in [0, 0.05) is 18.0 Å². The molecule has 15 heavy (non-hydrogen) atoms. The maximum absolute atomic E-state index is 12.7. The van der Waals surface area contributed by atoms with Gasteiger partial charge in [0.15, 0.2) is 11.5 Å². The summed E-state index contributed by atoms with van der Waals surface area (Å²) in [4.78, 5) is 0. The summed E-state index contributed by atoms with van der Waals surface area (Å²) in [5.74, 6) is 1.03. The van der Waals surface area contributed by atoms with Crippen LogP contribution in [0.15, 0.2) is 18.2 Å². The van der Waals surface area contributed by atoms with Gasteiger partial charge in [0.05, 0.1) is 6.67 Å². The van der Waals surface area contributed by atoms with Crippen molar-refractivity contribution in [2.24, 2.45) is 5.73 Å². The van der Waals surface area contributed by atoms with E-state index in [4.69, 9.17) is 15.2 Å². The van der Waals surface area contributed by atoms with E-state index in [2.05, 4.69) is 0 Å². The molecule has 1 aliphatic heterocycles. The Kier molecular flexibility index (Phi) is 3.06. The molecule has 82 valence electrons. The lowest BCUT2D eigenvalue weighted by Crippen LogP contribution is -2.20. The summed E-state index contributed by atoms with van der Waals surface area (Å²) < 4.78 is 23.6. The van der Waals surface area contributed by atoms with Crippen molar-refractivity contribution in [1.29, 1.82) is 0 Å². The summed E-state index contributed by atoms with van der Waals surface area (Å²) >= 11 is 0. The summed E-state index contributed by atoms with van der Waals surface area (Å²) in [5, 5.41) is 0. The Morgan fingerprint density at radius 2 is 2.13 bits per heavy atom. The van der Waals surface area contributed by atoms with Gasteiger partial charge in [-0.25, -0.2) is 0 Å². The second-order valence-electron chi connectivity index (χ2n) is 3.46. The minimum Gasteiger partial charge on any atom is -0.486 e. The SMILES string of the molecule is NCC(CF)c1cccc2c1OCCO2. The number of hydrogen-bond acceptors (Lipinski definition) is 3. The fourth-order valence-electron chi connectivity index (χ4n) is 1.69. The minimum absolute atomic E-state index is 0.274. The summed E-state index contributed by atoms with van der Waals surface area (Å²) in [6.45, 7) is 0.847. The Balaban J connectivity index is 2.38. The highest BCUT2D eigenvalue weighted by molar-refractivity contribution is 5.49. The standard InChI is InChI=1S/C11H14FNO2/c12-6-8(7-13)9-2-1-3-10-11(9)15-5-4-14-10/h1-3,8H,4-7,13H2. The van der Waals surface area contributed by atoms with Gasteiger partial charge in [-0.2, -0.15) is 0 Å². The van der Waals surface area contributed by atoms with E-state index in [0.29, 0.717) is 24.7 Å². The highest BCUT2D eigenvalue weighted by Crippen LogP contribution is 2.37. The summed E-state index contributed by atoms with van der Waals surface area (Å²) in [7, 11) is 0. The third kappa shape index (κ3) is 1.90.